The van der Waals surface area contributed by atoms with E-state index in [9.17, 15) is 26.4 Å². The molecule has 2 atom stereocenters. The number of carbonyl (C=O) groups is 2. The Balaban J connectivity index is 0.979. The van der Waals surface area contributed by atoms with Gasteiger partial charge in [0.2, 0.25) is 0 Å². The van der Waals surface area contributed by atoms with Crippen molar-refractivity contribution in [3.8, 4) is 11.5 Å². The molecule has 382 valence electrons. The van der Waals surface area contributed by atoms with E-state index in [1.807, 2.05) is 60.7 Å². The Morgan fingerprint density at radius 2 is 0.889 bits per heavy atom. The molecule has 0 aromatic heterocycles. The molecule has 2 aliphatic heterocycles. The number of hydrogen-bond donors (Lipinski definition) is 0. The van der Waals surface area contributed by atoms with Crippen molar-refractivity contribution in [1.82, 2.24) is 9.80 Å². The largest absolute Gasteiger partial charge is 0.451 e. The van der Waals surface area contributed by atoms with Crippen molar-refractivity contribution in [1.29, 1.82) is 0 Å². The molecule has 0 spiro atoms. The van der Waals surface area contributed by atoms with Crippen molar-refractivity contribution in [3.63, 3.8) is 0 Å². The van der Waals surface area contributed by atoms with Crippen molar-refractivity contribution in [3.05, 3.63) is 132 Å². The van der Waals surface area contributed by atoms with E-state index in [2.05, 4.69) is 37.5 Å². The van der Waals surface area contributed by atoms with Gasteiger partial charge >= 0.3 is 11.9 Å². The number of benzene rings is 6. The van der Waals surface area contributed by atoms with Gasteiger partial charge in [-0.3, -0.25) is 18.2 Å². The van der Waals surface area contributed by atoms with Crippen LogP contribution >= 0.6 is 0 Å². The van der Waals surface area contributed by atoms with Gasteiger partial charge in [0.1, 0.15) is 24.6 Å². The lowest BCUT2D eigenvalue weighted by atomic mass is 10.1. The molecule has 0 saturated carbocycles. The number of esters is 2. The third-order valence-corrected chi connectivity index (χ3v) is 16.7. The normalized spacial score (nSPS) is 15.8. The molecule has 0 N–H and O–H groups in total. The Morgan fingerprint density at radius 1 is 0.514 bits per heavy atom. The summed E-state index contributed by atoms with van der Waals surface area (Å²) in [5.74, 6) is -1.20. The first-order valence-electron chi connectivity index (χ1n) is 25.3. The third kappa shape index (κ3) is 12.0. The van der Waals surface area contributed by atoms with E-state index in [0.29, 0.717) is 35.0 Å². The topological polar surface area (TPSA) is 152 Å². The van der Waals surface area contributed by atoms with Gasteiger partial charge in [0.25, 0.3) is 32.6 Å². The van der Waals surface area contributed by atoms with Gasteiger partial charge in [-0.25, -0.2) is 16.8 Å². The minimum Gasteiger partial charge on any atom is -0.451 e. The molecule has 2 aliphatic rings. The van der Waals surface area contributed by atoms with Crippen LogP contribution in [0.4, 0.5) is 11.4 Å². The van der Waals surface area contributed by atoms with Gasteiger partial charge < -0.3 is 28.7 Å². The standard InChI is InChI=1S/C56H66N4O10S2/c1-5-31-57(32-6-2)35-29-41-23-25-49-47(37-41)59(71(63,64)51-21-13-17-43-15-9-11-19-45(43)51)39-55(67-49)69-53(61)27-28-54(62)70-56-40-60(72(65,66)52-22-14-18-44-16-10-12-20-46(44)52)48-38-42(24-26-50(48)68-56)30-36-58(33-7-3)34-8-4/h9-26,37-38,55-56H,5-8,27-36,39-40H2,1-4H3. The maximum Gasteiger partial charge on any atom is 0.309 e. The zero-order valence-corrected chi connectivity index (χ0v) is 43.3. The predicted molar refractivity (Wildman–Crippen MR) is 282 cm³/mol. The van der Waals surface area contributed by atoms with Crippen molar-refractivity contribution in [2.45, 2.75) is 101 Å². The fourth-order valence-electron chi connectivity index (χ4n) is 9.63. The summed E-state index contributed by atoms with van der Waals surface area (Å²) in [6.07, 6.45) is 1.91. The highest BCUT2D eigenvalue weighted by Gasteiger charge is 2.39. The second-order valence-corrected chi connectivity index (χ2v) is 22.1. The fourth-order valence-corrected chi connectivity index (χ4v) is 13.0. The zero-order chi connectivity index (χ0) is 50.8. The van der Waals surface area contributed by atoms with Crippen LogP contribution in [-0.2, 0) is 52.0 Å². The van der Waals surface area contributed by atoms with Crippen LogP contribution in [0.5, 0.6) is 11.5 Å². The summed E-state index contributed by atoms with van der Waals surface area (Å²) in [4.78, 5) is 32.1. The van der Waals surface area contributed by atoms with Crippen LogP contribution in [0.25, 0.3) is 21.5 Å². The van der Waals surface area contributed by atoms with E-state index < -0.39 is 57.4 Å². The number of fused-ring (bicyclic) bond motifs is 4. The number of hydrogen-bond acceptors (Lipinski definition) is 12. The van der Waals surface area contributed by atoms with Crippen molar-refractivity contribution in [2.75, 3.05) is 61.0 Å². The number of anilines is 2. The van der Waals surface area contributed by atoms with Crippen LogP contribution in [0.3, 0.4) is 0 Å². The molecule has 6 aromatic carbocycles. The molecule has 0 amide bonds. The molecule has 0 radical (unpaired) electrons. The van der Waals surface area contributed by atoms with Crippen LogP contribution in [0.2, 0.25) is 0 Å². The highest BCUT2D eigenvalue weighted by Crippen LogP contribution is 2.41. The SMILES string of the molecule is CCCN(CCC)CCc1ccc2c(c1)N(S(=O)(=O)c1cccc3ccccc13)CC(OC(=O)CCC(=O)OC1CN(S(=O)(=O)c3cccc4ccccc34)c3cc(CCN(CCC)CCC)ccc3O1)O2. The Bertz CT molecular complexity index is 2870. The second kappa shape index (κ2) is 23.6. The molecule has 16 heteroatoms. The van der Waals surface area contributed by atoms with Gasteiger partial charge in [-0.2, -0.15) is 0 Å². The minimum absolute atomic E-state index is 0.0985. The Kier molecular flexibility index (Phi) is 17.1. The minimum atomic E-state index is -4.24. The van der Waals surface area contributed by atoms with Crippen LogP contribution in [0.15, 0.2) is 131 Å². The first-order chi connectivity index (χ1) is 34.8. The molecule has 2 unspecified atom stereocenters. The maximum absolute atomic E-state index is 14.8. The number of sulfonamides is 2. The molecule has 2 heterocycles. The number of rotatable bonds is 23. The fraction of sp³-hybridized carbons (Fsp3) is 0.393. The van der Waals surface area contributed by atoms with E-state index in [-0.39, 0.29) is 34.4 Å². The summed E-state index contributed by atoms with van der Waals surface area (Å²) in [7, 11) is -8.48. The van der Waals surface area contributed by atoms with E-state index in [4.69, 9.17) is 18.9 Å². The molecular formula is C56H66N4O10S2. The number of nitrogens with zero attached hydrogens (tertiary/aromatic N) is 4. The van der Waals surface area contributed by atoms with E-state index in [1.54, 1.807) is 60.7 Å². The lowest BCUT2D eigenvalue weighted by molar-refractivity contribution is -0.170. The maximum atomic E-state index is 14.8. The summed E-state index contributed by atoms with van der Waals surface area (Å²) in [5.41, 5.74) is 2.54. The Morgan fingerprint density at radius 3 is 1.28 bits per heavy atom. The first-order valence-corrected chi connectivity index (χ1v) is 28.1. The highest BCUT2D eigenvalue weighted by atomic mass is 32.2. The smallest absolute Gasteiger partial charge is 0.309 e. The molecule has 8 rings (SSSR count). The van der Waals surface area contributed by atoms with Gasteiger partial charge in [-0.05, 0) is 123 Å². The van der Waals surface area contributed by atoms with Gasteiger partial charge in [0.05, 0.1) is 34.0 Å². The van der Waals surface area contributed by atoms with Crippen LogP contribution in [0.1, 0.15) is 77.3 Å². The van der Waals surface area contributed by atoms with Crippen molar-refractivity contribution in [2.24, 2.45) is 0 Å². The van der Waals surface area contributed by atoms with Gasteiger partial charge in [-0.15, -0.1) is 0 Å². The summed E-state index contributed by atoms with van der Waals surface area (Å²) in [5, 5.41) is 2.61. The van der Waals surface area contributed by atoms with Crippen LogP contribution in [-0.4, -0.2) is 104 Å². The molecule has 0 fully saturated rings. The van der Waals surface area contributed by atoms with Gasteiger partial charge in [-0.1, -0.05) is 113 Å². The highest BCUT2D eigenvalue weighted by molar-refractivity contribution is 7.93. The first kappa shape index (κ1) is 52.1. The van der Waals surface area contributed by atoms with Gasteiger partial charge in [0.15, 0.2) is 0 Å². The average Bonchev–Trinajstić information content (AvgIpc) is 3.38. The third-order valence-electron chi connectivity index (χ3n) is 13.0. The Labute approximate surface area is 424 Å². The quantitative estimate of drug-likeness (QED) is 0.0562. The van der Waals surface area contributed by atoms with Crippen LogP contribution in [0, 0.1) is 0 Å². The number of carbonyl (C=O) groups excluding carboxylic acids is 2. The predicted octanol–water partition coefficient (Wildman–Crippen LogP) is 9.72. The molecule has 0 bridgehead atoms. The average molecular weight is 1020 g/mol. The molecule has 14 nitrogen and oxygen atoms in total. The van der Waals surface area contributed by atoms with Crippen molar-refractivity contribution >= 4 is 64.9 Å². The zero-order valence-electron chi connectivity index (χ0n) is 41.7. The molecule has 0 aliphatic carbocycles. The van der Waals surface area contributed by atoms with Crippen molar-refractivity contribution < 1.29 is 45.4 Å². The molecule has 0 saturated heterocycles. The monoisotopic (exact) mass is 1020 g/mol. The Hall–Kier alpha value is -6.20. The van der Waals surface area contributed by atoms with E-state index in [1.165, 1.54) is 8.61 Å². The summed E-state index contributed by atoms with van der Waals surface area (Å²) in [6, 6.07) is 35.6. The summed E-state index contributed by atoms with van der Waals surface area (Å²) < 4.78 is 85.4. The molecule has 6 aromatic rings. The second-order valence-electron chi connectivity index (χ2n) is 18.4. The van der Waals surface area contributed by atoms with E-state index >= 15 is 0 Å². The lowest BCUT2D eigenvalue weighted by Gasteiger charge is -2.35. The summed E-state index contributed by atoms with van der Waals surface area (Å²) >= 11 is 0. The summed E-state index contributed by atoms with van der Waals surface area (Å²) in [6.45, 7) is 13.4. The number of ether oxygens (including phenoxy) is 4. The molecule has 72 heavy (non-hydrogen) atoms. The lowest BCUT2D eigenvalue weighted by Crippen LogP contribution is -2.46. The molecular weight excluding hydrogens is 953 g/mol. The van der Waals surface area contributed by atoms with Gasteiger partial charge in [0, 0.05) is 23.9 Å². The van der Waals surface area contributed by atoms with Crippen LogP contribution < -0.4 is 18.1 Å². The van der Waals surface area contributed by atoms with E-state index in [0.717, 1.165) is 86.9 Å².